The van der Waals surface area contributed by atoms with Crippen LogP contribution in [0.2, 0.25) is 0 Å². The second-order valence-electron chi connectivity index (χ2n) is 7.57. The van der Waals surface area contributed by atoms with Gasteiger partial charge in [0.1, 0.15) is 5.82 Å². The quantitative estimate of drug-likeness (QED) is 0.682. The zero-order chi connectivity index (χ0) is 15.6. The molecule has 2 aromatic rings. The van der Waals surface area contributed by atoms with Gasteiger partial charge in [0.15, 0.2) is 0 Å². The topological polar surface area (TPSA) is 0 Å². The van der Waals surface area contributed by atoms with Crippen LogP contribution in [0.4, 0.5) is 4.39 Å². The van der Waals surface area contributed by atoms with E-state index in [1.165, 1.54) is 56.9 Å². The summed E-state index contributed by atoms with van der Waals surface area (Å²) in [6.07, 6.45) is 13.4. The first kappa shape index (κ1) is 19.2. The van der Waals surface area contributed by atoms with Crippen LogP contribution >= 0.6 is 0 Å². The maximum Gasteiger partial charge on any atom is 1.00 e. The Morgan fingerprint density at radius 2 is 1.42 bits per heavy atom. The van der Waals surface area contributed by atoms with Crippen molar-refractivity contribution in [3.8, 4) is 0 Å². The molecule has 0 saturated heterocycles. The van der Waals surface area contributed by atoms with Crippen LogP contribution in [0.5, 0.6) is 0 Å². The molecule has 2 fully saturated rings. The molecule has 0 heterocycles. The Hall–Kier alpha value is 0.435. The first-order valence-electron chi connectivity index (χ1n) is 9.30. The maximum absolute atomic E-state index is 13.5. The molecule has 24 heavy (non-hydrogen) atoms. The molecule has 122 valence electrons. The standard InChI is InChI=1S/C22H26F.Rb/c23-22-13-12-19-10-11-20(14-21(19)15-22)18-8-6-17(7-9-18)16-4-2-1-3-5-16;/h1,10-18H,2-9H2;/q-1;+1. The van der Waals surface area contributed by atoms with Crippen LogP contribution < -0.4 is 58.2 Å². The molecule has 0 spiro atoms. The molecule has 0 amide bonds. The predicted molar refractivity (Wildman–Crippen MR) is 94.9 cm³/mol. The van der Waals surface area contributed by atoms with Crippen LogP contribution in [0.15, 0.2) is 36.4 Å². The number of hydrogen-bond donors (Lipinski definition) is 0. The molecule has 0 N–H and O–H groups in total. The van der Waals surface area contributed by atoms with Gasteiger partial charge in [0.25, 0.3) is 0 Å². The average molecular weight is 395 g/mol. The van der Waals surface area contributed by atoms with Crippen molar-refractivity contribution in [3.63, 3.8) is 0 Å². The molecule has 2 aliphatic carbocycles. The Morgan fingerprint density at radius 3 is 2.17 bits per heavy atom. The van der Waals surface area contributed by atoms with Gasteiger partial charge in [-0.1, -0.05) is 37.1 Å². The van der Waals surface area contributed by atoms with E-state index in [0.29, 0.717) is 5.92 Å². The minimum Gasteiger partial charge on any atom is -0.328 e. The van der Waals surface area contributed by atoms with E-state index >= 15 is 0 Å². The second-order valence-corrected chi connectivity index (χ2v) is 7.57. The second kappa shape index (κ2) is 8.89. The summed E-state index contributed by atoms with van der Waals surface area (Å²) in [5.41, 5.74) is 1.42. The molecule has 0 aliphatic heterocycles. The minimum atomic E-state index is -0.132. The van der Waals surface area contributed by atoms with Gasteiger partial charge in [0.05, 0.1) is 0 Å². The molecule has 2 aromatic carbocycles. The third-order valence-electron chi connectivity index (χ3n) is 6.22. The molecular weight excluding hydrogens is 369 g/mol. The molecule has 0 nitrogen and oxygen atoms in total. The average Bonchev–Trinajstić information content (AvgIpc) is 2.62. The smallest absolute Gasteiger partial charge is 0.328 e. The number of fused-ring (bicyclic) bond motifs is 1. The first-order valence-corrected chi connectivity index (χ1v) is 9.30. The van der Waals surface area contributed by atoms with Gasteiger partial charge in [0, 0.05) is 0 Å². The van der Waals surface area contributed by atoms with Gasteiger partial charge < -0.3 is 6.42 Å². The third kappa shape index (κ3) is 4.39. The van der Waals surface area contributed by atoms with Gasteiger partial charge in [-0.15, -0.1) is 0 Å². The van der Waals surface area contributed by atoms with Crippen molar-refractivity contribution in [1.29, 1.82) is 0 Å². The van der Waals surface area contributed by atoms with E-state index in [1.807, 2.05) is 6.07 Å². The summed E-state index contributed by atoms with van der Waals surface area (Å²) in [7, 11) is 0. The molecule has 0 bridgehead atoms. The van der Waals surface area contributed by atoms with Crippen molar-refractivity contribution in [2.45, 2.75) is 57.3 Å². The molecule has 2 saturated carbocycles. The maximum atomic E-state index is 13.5. The summed E-state index contributed by atoms with van der Waals surface area (Å²) >= 11 is 0. The Balaban J connectivity index is 0.00000169. The molecule has 0 aromatic heterocycles. The van der Waals surface area contributed by atoms with Crippen LogP contribution in [0, 0.1) is 24.1 Å². The van der Waals surface area contributed by atoms with Crippen molar-refractivity contribution in [1.82, 2.24) is 0 Å². The first-order chi connectivity index (χ1) is 11.3. The number of hydrogen-bond acceptors (Lipinski definition) is 0. The monoisotopic (exact) mass is 394 g/mol. The zero-order valence-corrected chi connectivity index (χ0v) is 19.7. The molecule has 2 aliphatic rings. The largest absolute Gasteiger partial charge is 1.00 e. The fourth-order valence-electron chi connectivity index (χ4n) is 4.84. The Bertz CT molecular complexity index is 667. The van der Waals surface area contributed by atoms with E-state index in [0.717, 1.165) is 22.6 Å². The van der Waals surface area contributed by atoms with Crippen LogP contribution in [0.1, 0.15) is 62.8 Å². The van der Waals surface area contributed by atoms with Gasteiger partial charge in [-0.2, -0.15) is 12.8 Å². The van der Waals surface area contributed by atoms with E-state index in [2.05, 4.69) is 24.6 Å². The van der Waals surface area contributed by atoms with E-state index in [9.17, 15) is 4.39 Å². The summed E-state index contributed by atoms with van der Waals surface area (Å²) in [6, 6.07) is 11.7. The Morgan fingerprint density at radius 1 is 0.750 bits per heavy atom. The van der Waals surface area contributed by atoms with Crippen molar-refractivity contribution in [2.24, 2.45) is 11.8 Å². The molecule has 0 radical (unpaired) electrons. The van der Waals surface area contributed by atoms with Gasteiger partial charge in [-0.3, -0.25) is 0 Å². The summed E-state index contributed by atoms with van der Waals surface area (Å²) < 4.78 is 13.5. The summed E-state index contributed by atoms with van der Waals surface area (Å²) in [5, 5.41) is 2.19. The van der Waals surface area contributed by atoms with Gasteiger partial charge >= 0.3 is 58.2 Å². The number of halogens is 1. The van der Waals surface area contributed by atoms with Gasteiger partial charge in [0.2, 0.25) is 0 Å². The molecule has 2 heteroatoms. The fraction of sp³-hybridized carbons (Fsp3) is 0.500. The van der Waals surface area contributed by atoms with Gasteiger partial charge in [-0.05, 0) is 71.9 Å². The summed E-state index contributed by atoms with van der Waals surface area (Å²) in [6.45, 7) is 0. The number of benzene rings is 2. The van der Waals surface area contributed by atoms with Crippen molar-refractivity contribution < 1.29 is 62.6 Å². The predicted octanol–water partition coefficient (Wildman–Crippen LogP) is 3.65. The summed E-state index contributed by atoms with van der Waals surface area (Å²) in [5.74, 6) is 2.48. The van der Waals surface area contributed by atoms with Crippen molar-refractivity contribution >= 4 is 10.8 Å². The van der Waals surface area contributed by atoms with E-state index < -0.39 is 0 Å². The zero-order valence-electron chi connectivity index (χ0n) is 14.8. The van der Waals surface area contributed by atoms with Crippen LogP contribution in [-0.2, 0) is 0 Å². The molecular formula is C22H26FRb. The molecule has 4 rings (SSSR count). The van der Waals surface area contributed by atoms with E-state index in [-0.39, 0.29) is 64.0 Å². The van der Waals surface area contributed by atoms with E-state index in [1.54, 1.807) is 12.1 Å². The van der Waals surface area contributed by atoms with Crippen LogP contribution in [0.3, 0.4) is 0 Å². The number of rotatable bonds is 2. The SMILES string of the molecule is Fc1ccc2ccc(C3CCC(C4CC[CH-]CC4)CC3)cc2c1.[Rb+]. The van der Waals surface area contributed by atoms with Crippen LogP contribution in [-0.4, -0.2) is 0 Å². The minimum absolute atomic E-state index is 0. The molecule has 0 atom stereocenters. The Kier molecular flexibility index (Phi) is 7.11. The fourth-order valence-corrected chi connectivity index (χ4v) is 4.84. The van der Waals surface area contributed by atoms with Gasteiger partial charge in [-0.25, -0.2) is 4.39 Å². The van der Waals surface area contributed by atoms with Crippen molar-refractivity contribution in [2.75, 3.05) is 0 Å². The Labute approximate surface area is 194 Å². The molecule has 0 unspecified atom stereocenters. The summed E-state index contributed by atoms with van der Waals surface area (Å²) in [4.78, 5) is 0. The normalized spacial score (nSPS) is 25.4. The van der Waals surface area contributed by atoms with Crippen molar-refractivity contribution in [3.05, 3.63) is 54.2 Å². The third-order valence-corrected chi connectivity index (χ3v) is 6.22. The van der Waals surface area contributed by atoms with Crippen LogP contribution in [0.25, 0.3) is 10.8 Å². The van der Waals surface area contributed by atoms with E-state index in [4.69, 9.17) is 0 Å².